The number of imidazole rings is 1. The molecule has 0 aliphatic carbocycles. The Balaban J connectivity index is 1.59. The molecule has 5 rings (SSSR count). The van der Waals surface area contributed by atoms with Crippen molar-refractivity contribution in [2.45, 2.75) is 45.6 Å². The molecule has 1 fully saturated rings. The highest BCUT2D eigenvalue weighted by Crippen LogP contribution is 2.36. The van der Waals surface area contributed by atoms with Crippen LogP contribution in [0.15, 0.2) is 40.9 Å². The third kappa shape index (κ3) is 4.55. The van der Waals surface area contributed by atoms with E-state index in [0.29, 0.717) is 25.9 Å². The number of hydrogen-bond donors (Lipinski definition) is 0. The molecule has 1 aliphatic rings. The third-order valence-electron chi connectivity index (χ3n) is 6.97. The molecule has 0 radical (unpaired) electrons. The van der Waals surface area contributed by atoms with Gasteiger partial charge in [0.25, 0.3) is 0 Å². The minimum absolute atomic E-state index is 0.0472. The van der Waals surface area contributed by atoms with Crippen molar-refractivity contribution in [3.05, 3.63) is 70.1 Å². The first-order valence-corrected chi connectivity index (χ1v) is 14.1. The first kappa shape index (κ1) is 24.9. The van der Waals surface area contributed by atoms with E-state index in [1.54, 1.807) is 6.07 Å². The molecule has 2 aromatic heterocycles. The fourth-order valence-corrected chi connectivity index (χ4v) is 6.23. The van der Waals surface area contributed by atoms with Crippen LogP contribution in [0.1, 0.15) is 48.1 Å². The lowest BCUT2D eigenvalue weighted by atomic mass is 10.00. The van der Waals surface area contributed by atoms with Gasteiger partial charge in [0.2, 0.25) is 10.0 Å². The lowest BCUT2D eigenvalue weighted by Gasteiger charge is -2.21. The maximum absolute atomic E-state index is 14.1. The maximum Gasteiger partial charge on any atom is 0.211 e. The first-order chi connectivity index (χ1) is 17.0. The molecule has 2 aromatic carbocycles. The van der Waals surface area contributed by atoms with Crippen LogP contribution in [0.25, 0.3) is 22.2 Å². The second-order valence-corrected chi connectivity index (χ2v) is 12.0. The van der Waals surface area contributed by atoms with Gasteiger partial charge < -0.3 is 9.09 Å². The Hall–Kier alpha value is -2.75. The molecule has 7 nitrogen and oxygen atoms in total. The van der Waals surface area contributed by atoms with Crippen molar-refractivity contribution in [1.82, 2.24) is 19.0 Å². The molecular formula is C26H28ClFN4O3S. The van der Waals surface area contributed by atoms with Gasteiger partial charge in [0.15, 0.2) is 0 Å². The van der Waals surface area contributed by atoms with E-state index in [9.17, 15) is 12.8 Å². The minimum atomic E-state index is -3.29. The van der Waals surface area contributed by atoms with Crippen molar-refractivity contribution >= 4 is 32.7 Å². The van der Waals surface area contributed by atoms with Crippen LogP contribution in [-0.2, 0) is 16.4 Å². The van der Waals surface area contributed by atoms with E-state index in [1.165, 1.54) is 16.6 Å². The van der Waals surface area contributed by atoms with Crippen molar-refractivity contribution in [1.29, 1.82) is 0 Å². The SMILES string of the molecule is Cc1noc(C)c1-c1ccc2c(c1)nc([C@@H](C)Cc1ccc(Cl)c(F)c1)n2[C@H]1CCN(S(C)(=O)=O)C1. The smallest absolute Gasteiger partial charge is 0.211 e. The Morgan fingerprint density at radius 2 is 2.00 bits per heavy atom. The number of halogens is 2. The number of sulfonamides is 1. The molecule has 0 saturated carbocycles. The van der Waals surface area contributed by atoms with Gasteiger partial charge in [0.1, 0.15) is 17.4 Å². The van der Waals surface area contributed by atoms with Crippen molar-refractivity contribution in [2.75, 3.05) is 19.3 Å². The van der Waals surface area contributed by atoms with Crippen LogP contribution >= 0.6 is 11.6 Å². The molecule has 0 N–H and O–H groups in total. The summed E-state index contributed by atoms with van der Waals surface area (Å²) in [6.45, 7) is 6.71. The number of fused-ring (bicyclic) bond motifs is 1. The summed E-state index contributed by atoms with van der Waals surface area (Å²) in [6.07, 6.45) is 2.51. The van der Waals surface area contributed by atoms with E-state index >= 15 is 0 Å². The number of aryl methyl sites for hydroxylation is 2. The van der Waals surface area contributed by atoms with Gasteiger partial charge in [0.05, 0.1) is 34.0 Å². The van der Waals surface area contributed by atoms with Gasteiger partial charge in [-0.1, -0.05) is 35.8 Å². The summed E-state index contributed by atoms with van der Waals surface area (Å²) >= 11 is 5.87. The zero-order valence-corrected chi connectivity index (χ0v) is 22.2. The lowest BCUT2D eigenvalue weighted by molar-refractivity contribution is 0.393. The average Bonchev–Trinajstić information content (AvgIpc) is 3.52. The van der Waals surface area contributed by atoms with Gasteiger partial charge in [-0.25, -0.2) is 22.1 Å². The first-order valence-electron chi connectivity index (χ1n) is 11.9. The van der Waals surface area contributed by atoms with Crippen molar-refractivity contribution in [3.8, 4) is 11.1 Å². The predicted molar refractivity (Wildman–Crippen MR) is 138 cm³/mol. The highest BCUT2D eigenvalue weighted by atomic mass is 35.5. The molecule has 3 heterocycles. The molecule has 4 aromatic rings. The topological polar surface area (TPSA) is 81.2 Å². The lowest BCUT2D eigenvalue weighted by Crippen LogP contribution is -2.28. The Morgan fingerprint density at radius 1 is 1.22 bits per heavy atom. The molecule has 1 aliphatic heterocycles. The summed E-state index contributed by atoms with van der Waals surface area (Å²) in [7, 11) is -3.29. The molecule has 0 bridgehead atoms. The van der Waals surface area contributed by atoms with Gasteiger partial charge in [0, 0.05) is 24.6 Å². The Kier molecular flexibility index (Phi) is 6.43. The fourth-order valence-electron chi connectivity index (χ4n) is 5.23. The average molecular weight is 531 g/mol. The molecule has 1 saturated heterocycles. The van der Waals surface area contributed by atoms with Gasteiger partial charge >= 0.3 is 0 Å². The highest BCUT2D eigenvalue weighted by molar-refractivity contribution is 7.88. The Bertz CT molecular complexity index is 1540. The van der Waals surface area contributed by atoms with Crippen LogP contribution in [0.4, 0.5) is 4.39 Å². The molecule has 0 unspecified atom stereocenters. The normalized spacial score (nSPS) is 17.8. The van der Waals surface area contributed by atoms with Gasteiger partial charge in [-0.05, 0) is 62.1 Å². The molecule has 0 amide bonds. The summed E-state index contributed by atoms with van der Waals surface area (Å²) < 4.78 is 47.6. The molecule has 10 heteroatoms. The van der Waals surface area contributed by atoms with Crippen LogP contribution in [0, 0.1) is 19.7 Å². The summed E-state index contributed by atoms with van der Waals surface area (Å²) in [5, 5.41) is 4.17. The summed E-state index contributed by atoms with van der Waals surface area (Å²) in [4.78, 5) is 5.03. The molecule has 0 spiro atoms. The fraction of sp³-hybridized carbons (Fsp3) is 0.385. The number of hydrogen-bond acceptors (Lipinski definition) is 5. The Labute approximate surface area is 214 Å². The zero-order chi connectivity index (χ0) is 25.8. The van der Waals surface area contributed by atoms with E-state index in [4.69, 9.17) is 21.1 Å². The van der Waals surface area contributed by atoms with Gasteiger partial charge in [-0.2, -0.15) is 0 Å². The minimum Gasteiger partial charge on any atom is -0.361 e. The number of aromatic nitrogens is 3. The molecule has 2 atom stereocenters. The van der Waals surface area contributed by atoms with Crippen molar-refractivity contribution in [3.63, 3.8) is 0 Å². The number of benzene rings is 2. The monoisotopic (exact) mass is 530 g/mol. The largest absolute Gasteiger partial charge is 0.361 e. The van der Waals surface area contributed by atoms with E-state index in [-0.39, 0.29) is 17.0 Å². The summed E-state index contributed by atoms with van der Waals surface area (Å²) in [6, 6.07) is 10.9. The van der Waals surface area contributed by atoms with E-state index < -0.39 is 15.8 Å². The standard InChI is InChI=1S/C26H28ClFN4O3S/c1-15(11-18-5-7-21(27)22(28)12-18)26-29-23-13-19(25-16(2)30-35-17(25)3)6-8-24(23)32(26)20-9-10-31(14-20)36(4,33)34/h5-8,12-13,15,20H,9-11,14H2,1-4H3/t15-,20-/m0/s1. The second-order valence-electron chi connectivity index (χ2n) is 9.66. The molecule has 36 heavy (non-hydrogen) atoms. The highest BCUT2D eigenvalue weighted by Gasteiger charge is 2.33. The second kappa shape index (κ2) is 9.28. The third-order valence-corrected chi connectivity index (χ3v) is 8.54. The van der Waals surface area contributed by atoms with Crippen LogP contribution in [-0.4, -0.2) is 46.8 Å². The quantitative estimate of drug-likeness (QED) is 0.321. The molecule has 190 valence electrons. The number of rotatable bonds is 6. The van der Waals surface area contributed by atoms with E-state index in [0.717, 1.165) is 45.0 Å². The maximum atomic E-state index is 14.1. The van der Waals surface area contributed by atoms with Gasteiger partial charge in [-0.3, -0.25) is 0 Å². The molecular weight excluding hydrogens is 503 g/mol. The van der Waals surface area contributed by atoms with Crippen molar-refractivity contribution in [2.24, 2.45) is 0 Å². The van der Waals surface area contributed by atoms with Crippen LogP contribution in [0.3, 0.4) is 0 Å². The van der Waals surface area contributed by atoms with E-state index in [2.05, 4.69) is 16.6 Å². The zero-order valence-electron chi connectivity index (χ0n) is 20.6. The number of nitrogens with zero attached hydrogens (tertiary/aromatic N) is 4. The van der Waals surface area contributed by atoms with Gasteiger partial charge in [-0.15, -0.1) is 0 Å². The van der Waals surface area contributed by atoms with E-state index in [1.807, 2.05) is 38.1 Å². The van der Waals surface area contributed by atoms with Crippen molar-refractivity contribution < 1.29 is 17.3 Å². The summed E-state index contributed by atoms with van der Waals surface area (Å²) in [5.41, 5.74) is 5.30. The predicted octanol–water partition coefficient (Wildman–Crippen LogP) is 5.65. The van der Waals surface area contributed by atoms with Crippen LogP contribution < -0.4 is 0 Å². The summed E-state index contributed by atoms with van der Waals surface area (Å²) in [5.74, 6) is 1.09. The van der Waals surface area contributed by atoms with Crippen LogP contribution in [0.2, 0.25) is 5.02 Å². The Morgan fingerprint density at radius 3 is 2.64 bits per heavy atom. The van der Waals surface area contributed by atoms with Crippen LogP contribution in [0.5, 0.6) is 0 Å².